The van der Waals surface area contributed by atoms with Gasteiger partial charge in [0, 0.05) is 11.1 Å². The second-order valence-corrected chi connectivity index (χ2v) is 6.09. The topological polar surface area (TPSA) is 63.2 Å². The predicted molar refractivity (Wildman–Crippen MR) is 81.6 cm³/mol. The summed E-state index contributed by atoms with van der Waals surface area (Å²) in [6.07, 6.45) is 5.28. The van der Waals surface area contributed by atoms with Crippen LogP contribution >= 0.6 is 0 Å². The van der Waals surface area contributed by atoms with Gasteiger partial charge in [-0.1, -0.05) is 24.1 Å². The standard InChI is InChI=1S/C16H13NO3S/c1-3-13-5-4-6-15(11-13)17-21(19,20)16-9-7-14(8-10-16)12(2)18/h1,4-11,17H,2H3. The Morgan fingerprint density at radius 2 is 1.81 bits per heavy atom. The lowest BCUT2D eigenvalue weighted by Gasteiger charge is -2.08. The Labute approximate surface area is 123 Å². The monoisotopic (exact) mass is 299 g/mol. The molecular weight excluding hydrogens is 286 g/mol. The molecule has 0 bridgehead atoms. The second-order valence-electron chi connectivity index (χ2n) is 4.41. The molecule has 0 heterocycles. The van der Waals surface area contributed by atoms with Gasteiger partial charge in [-0.2, -0.15) is 0 Å². The summed E-state index contributed by atoms with van der Waals surface area (Å²) in [7, 11) is -3.71. The number of ketones is 1. The van der Waals surface area contributed by atoms with Crippen molar-refractivity contribution >= 4 is 21.5 Å². The molecule has 0 spiro atoms. The van der Waals surface area contributed by atoms with Gasteiger partial charge in [-0.15, -0.1) is 6.42 Å². The molecule has 0 atom stereocenters. The van der Waals surface area contributed by atoms with Crippen molar-refractivity contribution in [2.45, 2.75) is 11.8 Å². The maximum atomic E-state index is 12.2. The Bertz CT molecular complexity index is 815. The number of terminal acetylenes is 1. The van der Waals surface area contributed by atoms with E-state index in [0.717, 1.165) is 0 Å². The van der Waals surface area contributed by atoms with E-state index in [1.807, 2.05) is 0 Å². The number of Topliss-reactive ketones (excluding diaryl/α,β-unsaturated/α-hetero) is 1. The van der Waals surface area contributed by atoms with Crippen molar-refractivity contribution in [2.75, 3.05) is 4.72 Å². The molecule has 2 aromatic rings. The van der Waals surface area contributed by atoms with Crippen LogP contribution in [0.1, 0.15) is 22.8 Å². The molecule has 0 aromatic heterocycles. The van der Waals surface area contributed by atoms with Crippen molar-refractivity contribution in [3.05, 3.63) is 59.7 Å². The minimum absolute atomic E-state index is 0.0820. The van der Waals surface area contributed by atoms with Crippen molar-refractivity contribution in [2.24, 2.45) is 0 Å². The largest absolute Gasteiger partial charge is 0.295 e. The third kappa shape index (κ3) is 3.50. The highest BCUT2D eigenvalue weighted by Crippen LogP contribution is 2.17. The lowest BCUT2D eigenvalue weighted by molar-refractivity contribution is 0.101. The number of anilines is 1. The van der Waals surface area contributed by atoms with Gasteiger partial charge in [0.15, 0.2) is 5.78 Å². The van der Waals surface area contributed by atoms with E-state index in [2.05, 4.69) is 10.6 Å². The number of hydrogen-bond acceptors (Lipinski definition) is 3. The molecule has 0 amide bonds. The fourth-order valence-electron chi connectivity index (χ4n) is 1.76. The normalized spacial score (nSPS) is 10.7. The van der Waals surface area contributed by atoms with Crippen LogP contribution in [-0.2, 0) is 10.0 Å². The lowest BCUT2D eigenvalue weighted by Crippen LogP contribution is -2.13. The molecule has 0 aliphatic rings. The molecule has 0 aliphatic heterocycles. The van der Waals surface area contributed by atoms with Crippen LogP contribution in [-0.4, -0.2) is 14.2 Å². The molecular formula is C16H13NO3S. The average molecular weight is 299 g/mol. The van der Waals surface area contributed by atoms with Gasteiger partial charge in [0.1, 0.15) is 0 Å². The Kier molecular flexibility index (Phi) is 4.10. The first-order valence-electron chi connectivity index (χ1n) is 6.13. The van der Waals surface area contributed by atoms with Crippen LogP contribution in [0.2, 0.25) is 0 Å². The van der Waals surface area contributed by atoms with E-state index >= 15 is 0 Å². The summed E-state index contributed by atoms with van der Waals surface area (Å²) < 4.78 is 26.9. The first-order valence-corrected chi connectivity index (χ1v) is 7.61. The van der Waals surface area contributed by atoms with Crippen molar-refractivity contribution in [1.29, 1.82) is 0 Å². The summed E-state index contributed by atoms with van der Waals surface area (Å²) >= 11 is 0. The number of carbonyl (C=O) groups is 1. The van der Waals surface area contributed by atoms with Crippen molar-refractivity contribution in [3.8, 4) is 12.3 Å². The van der Waals surface area contributed by atoms with Gasteiger partial charge in [0.25, 0.3) is 10.0 Å². The van der Waals surface area contributed by atoms with Gasteiger partial charge in [-0.05, 0) is 37.3 Å². The van der Waals surface area contributed by atoms with Crippen LogP contribution in [0.4, 0.5) is 5.69 Å². The molecule has 0 fully saturated rings. The van der Waals surface area contributed by atoms with Crippen LogP contribution in [0.3, 0.4) is 0 Å². The molecule has 4 nitrogen and oxygen atoms in total. The summed E-state index contributed by atoms with van der Waals surface area (Å²) in [6.45, 7) is 1.42. The molecule has 1 N–H and O–H groups in total. The molecule has 0 saturated heterocycles. The van der Waals surface area contributed by atoms with E-state index < -0.39 is 10.0 Å². The van der Waals surface area contributed by atoms with Crippen molar-refractivity contribution in [1.82, 2.24) is 0 Å². The van der Waals surface area contributed by atoms with Gasteiger partial charge in [-0.25, -0.2) is 8.42 Å². The minimum Gasteiger partial charge on any atom is -0.295 e. The molecule has 2 rings (SSSR count). The highest BCUT2D eigenvalue weighted by atomic mass is 32.2. The van der Waals surface area contributed by atoms with Crippen LogP contribution in [0.5, 0.6) is 0 Å². The highest BCUT2D eigenvalue weighted by Gasteiger charge is 2.14. The maximum Gasteiger partial charge on any atom is 0.261 e. The summed E-state index contributed by atoms with van der Waals surface area (Å²) in [5.74, 6) is 2.32. The second kappa shape index (κ2) is 5.81. The number of sulfonamides is 1. The van der Waals surface area contributed by atoms with Crippen molar-refractivity contribution in [3.63, 3.8) is 0 Å². The quantitative estimate of drug-likeness (QED) is 0.697. The Morgan fingerprint density at radius 1 is 1.14 bits per heavy atom. The zero-order valence-corrected chi connectivity index (χ0v) is 12.1. The Morgan fingerprint density at radius 3 is 2.38 bits per heavy atom. The molecule has 0 saturated carbocycles. The molecule has 2 aromatic carbocycles. The van der Waals surface area contributed by atoms with E-state index in [-0.39, 0.29) is 10.7 Å². The number of benzene rings is 2. The summed E-state index contributed by atoms with van der Waals surface area (Å²) in [5, 5.41) is 0. The predicted octanol–water partition coefficient (Wildman–Crippen LogP) is 2.67. The third-order valence-corrected chi connectivity index (χ3v) is 4.25. The number of nitrogens with one attached hydrogen (secondary N) is 1. The minimum atomic E-state index is -3.71. The lowest BCUT2D eigenvalue weighted by atomic mass is 10.2. The molecule has 106 valence electrons. The molecule has 0 radical (unpaired) electrons. The van der Waals surface area contributed by atoms with Crippen molar-refractivity contribution < 1.29 is 13.2 Å². The van der Waals surface area contributed by atoms with Gasteiger partial charge < -0.3 is 0 Å². The first-order chi connectivity index (χ1) is 9.92. The molecule has 0 unspecified atom stereocenters. The Hall–Kier alpha value is -2.58. The average Bonchev–Trinajstić information content (AvgIpc) is 2.47. The van der Waals surface area contributed by atoms with Crippen LogP contribution in [0, 0.1) is 12.3 Å². The van der Waals surface area contributed by atoms with E-state index in [1.54, 1.807) is 24.3 Å². The summed E-state index contributed by atoms with van der Waals surface area (Å²) in [6, 6.07) is 12.3. The maximum absolute atomic E-state index is 12.2. The van der Waals surface area contributed by atoms with Gasteiger partial charge in [0.05, 0.1) is 10.6 Å². The number of carbonyl (C=O) groups excluding carboxylic acids is 1. The summed E-state index contributed by atoms with van der Waals surface area (Å²) in [4.78, 5) is 11.3. The zero-order chi connectivity index (χ0) is 15.5. The molecule has 0 aliphatic carbocycles. The number of rotatable bonds is 4. The van der Waals surface area contributed by atoms with Crippen LogP contribution in [0.15, 0.2) is 53.4 Å². The van der Waals surface area contributed by atoms with E-state index in [4.69, 9.17) is 6.42 Å². The smallest absolute Gasteiger partial charge is 0.261 e. The fraction of sp³-hybridized carbons (Fsp3) is 0.0625. The Balaban J connectivity index is 2.29. The first kappa shape index (κ1) is 14.8. The third-order valence-electron chi connectivity index (χ3n) is 2.85. The number of hydrogen-bond donors (Lipinski definition) is 1. The highest BCUT2D eigenvalue weighted by molar-refractivity contribution is 7.92. The van der Waals surface area contributed by atoms with E-state index in [1.165, 1.54) is 31.2 Å². The molecule has 5 heteroatoms. The van der Waals surface area contributed by atoms with Gasteiger partial charge in [-0.3, -0.25) is 9.52 Å². The van der Waals surface area contributed by atoms with E-state index in [0.29, 0.717) is 16.8 Å². The van der Waals surface area contributed by atoms with Gasteiger partial charge in [0.2, 0.25) is 0 Å². The zero-order valence-electron chi connectivity index (χ0n) is 11.3. The van der Waals surface area contributed by atoms with Gasteiger partial charge >= 0.3 is 0 Å². The van der Waals surface area contributed by atoms with E-state index in [9.17, 15) is 13.2 Å². The molecule has 21 heavy (non-hydrogen) atoms. The SMILES string of the molecule is C#Cc1cccc(NS(=O)(=O)c2ccc(C(C)=O)cc2)c1. The fourth-order valence-corrected chi connectivity index (χ4v) is 2.80. The van der Waals surface area contributed by atoms with Crippen LogP contribution in [0.25, 0.3) is 0 Å². The van der Waals surface area contributed by atoms with Crippen LogP contribution < -0.4 is 4.72 Å². The summed E-state index contributed by atoms with van der Waals surface area (Å²) in [5.41, 5.74) is 1.44.